The maximum atomic E-state index is 13.6. The maximum Gasteiger partial charge on any atom is 0.127 e. The van der Waals surface area contributed by atoms with E-state index in [0.29, 0.717) is 11.3 Å². The summed E-state index contributed by atoms with van der Waals surface area (Å²) in [4.78, 5) is 0.995. The Morgan fingerprint density at radius 3 is 2.78 bits per heavy atom. The van der Waals surface area contributed by atoms with Crippen LogP contribution in [-0.4, -0.2) is 0 Å². The van der Waals surface area contributed by atoms with Crippen LogP contribution in [-0.2, 0) is 5.75 Å². The van der Waals surface area contributed by atoms with Crippen LogP contribution in [0.25, 0.3) is 0 Å². The fraction of sp³-hybridized carbons (Fsp3) is 0.143. The van der Waals surface area contributed by atoms with Gasteiger partial charge in [0.1, 0.15) is 5.82 Å². The van der Waals surface area contributed by atoms with Gasteiger partial charge in [0, 0.05) is 20.8 Å². The highest BCUT2D eigenvalue weighted by Crippen LogP contribution is 2.30. The number of hydrogen-bond acceptors (Lipinski definition) is 2. The zero-order valence-electron chi connectivity index (χ0n) is 9.91. The lowest BCUT2D eigenvalue weighted by Gasteiger charge is -2.07. The fourth-order valence-corrected chi connectivity index (χ4v) is 3.02. The Morgan fingerprint density at radius 1 is 1.22 bits per heavy atom. The first-order chi connectivity index (χ1) is 8.56. The maximum absolute atomic E-state index is 13.6. The first-order valence-electron chi connectivity index (χ1n) is 5.49. The Balaban J connectivity index is 2.16. The number of hydrogen-bond donors (Lipinski definition) is 1. The Bertz CT molecular complexity index is 520. The summed E-state index contributed by atoms with van der Waals surface area (Å²) < 4.78 is 14.5. The Hall–Kier alpha value is -1.00. The van der Waals surface area contributed by atoms with Crippen LogP contribution >= 0.6 is 27.7 Å². The number of anilines is 1. The average Bonchev–Trinajstić information content (AvgIpc) is 2.34. The van der Waals surface area contributed by atoms with E-state index in [9.17, 15) is 4.39 Å². The van der Waals surface area contributed by atoms with Crippen LogP contribution in [0, 0.1) is 12.7 Å². The number of thioether (sulfide) groups is 1. The zero-order chi connectivity index (χ0) is 13.1. The van der Waals surface area contributed by atoms with Gasteiger partial charge in [-0.3, -0.25) is 0 Å². The van der Waals surface area contributed by atoms with E-state index in [4.69, 9.17) is 5.73 Å². The summed E-state index contributed by atoms with van der Waals surface area (Å²) >= 11 is 4.90. The number of nitrogen functional groups attached to an aromatic ring is 1. The molecule has 0 unspecified atom stereocenters. The summed E-state index contributed by atoms with van der Waals surface area (Å²) in [5, 5.41) is 0. The van der Waals surface area contributed by atoms with E-state index in [1.807, 2.05) is 25.1 Å². The summed E-state index contributed by atoms with van der Waals surface area (Å²) in [7, 11) is 0. The predicted molar refractivity (Wildman–Crippen MR) is 79.3 cm³/mol. The second kappa shape index (κ2) is 5.76. The van der Waals surface area contributed by atoms with Gasteiger partial charge in [-0.25, -0.2) is 4.39 Å². The molecule has 2 aromatic rings. The van der Waals surface area contributed by atoms with Crippen LogP contribution < -0.4 is 5.73 Å². The largest absolute Gasteiger partial charge is 0.398 e. The van der Waals surface area contributed by atoms with E-state index in [0.717, 1.165) is 20.6 Å². The highest BCUT2D eigenvalue weighted by atomic mass is 79.9. The smallest absolute Gasteiger partial charge is 0.127 e. The third-order valence-electron chi connectivity index (χ3n) is 2.56. The van der Waals surface area contributed by atoms with Crippen LogP contribution in [0.2, 0.25) is 0 Å². The first kappa shape index (κ1) is 13.4. The molecule has 1 nitrogen and oxygen atoms in total. The van der Waals surface area contributed by atoms with E-state index in [1.165, 1.54) is 6.07 Å². The molecule has 2 rings (SSSR count). The van der Waals surface area contributed by atoms with Crippen molar-refractivity contribution in [3.8, 4) is 0 Å². The minimum Gasteiger partial charge on any atom is -0.398 e. The number of benzene rings is 2. The summed E-state index contributed by atoms with van der Waals surface area (Å²) in [6.45, 7) is 2.02. The van der Waals surface area contributed by atoms with Crippen molar-refractivity contribution >= 4 is 33.4 Å². The number of aryl methyl sites for hydroxylation is 1. The summed E-state index contributed by atoms with van der Waals surface area (Å²) in [5.41, 5.74) is 8.47. The molecule has 0 saturated heterocycles. The summed E-state index contributed by atoms with van der Waals surface area (Å²) in [5.74, 6) is 0.385. The van der Waals surface area contributed by atoms with Gasteiger partial charge in [-0.05, 0) is 48.4 Å². The van der Waals surface area contributed by atoms with Gasteiger partial charge >= 0.3 is 0 Å². The molecule has 0 heterocycles. The Labute approximate surface area is 119 Å². The molecule has 94 valence electrons. The monoisotopic (exact) mass is 325 g/mol. The van der Waals surface area contributed by atoms with Gasteiger partial charge < -0.3 is 5.73 Å². The lowest BCUT2D eigenvalue weighted by Crippen LogP contribution is -1.91. The SMILES string of the molecule is Cc1ccc(N)c(SCc2cc(Br)ccc2F)c1. The predicted octanol–water partition coefficient (Wildman–Crippen LogP) is 4.77. The molecule has 4 heteroatoms. The molecule has 2 aromatic carbocycles. The van der Waals surface area contributed by atoms with Gasteiger partial charge in [-0.1, -0.05) is 22.0 Å². The lowest BCUT2D eigenvalue weighted by atomic mass is 10.2. The van der Waals surface area contributed by atoms with Gasteiger partial charge in [-0.15, -0.1) is 11.8 Å². The van der Waals surface area contributed by atoms with Crippen LogP contribution in [0.5, 0.6) is 0 Å². The topological polar surface area (TPSA) is 26.0 Å². The van der Waals surface area contributed by atoms with Crippen molar-refractivity contribution in [1.82, 2.24) is 0 Å². The highest BCUT2D eigenvalue weighted by molar-refractivity contribution is 9.10. The van der Waals surface area contributed by atoms with Crippen LogP contribution in [0.4, 0.5) is 10.1 Å². The quantitative estimate of drug-likeness (QED) is 0.649. The third kappa shape index (κ3) is 3.27. The van der Waals surface area contributed by atoms with Crippen molar-refractivity contribution in [2.24, 2.45) is 0 Å². The van der Waals surface area contributed by atoms with Gasteiger partial charge in [-0.2, -0.15) is 0 Å². The second-order valence-corrected chi connectivity index (χ2v) is 6.00. The van der Waals surface area contributed by atoms with Gasteiger partial charge in [0.25, 0.3) is 0 Å². The van der Waals surface area contributed by atoms with Gasteiger partial charge in [0.05, 0.1) is 0 Å². The highest BCUT2D eigenvalue weighted by Gasteiger charge is 2.06. The molecule has 2 N–H and O–H groups in total. The lowest BCUT2D eigenvalue weighted by molar-refractivity contribution is 0.617. The molecule has 0 atom stereocenters. The van der Waals surface area contributed by atoms with E-state index in [-0.39, 0.29) is 5.82 Å². The van der Waals surface area contributed by atoms with Gasteiger partial charge in [0.2, 0.25) is 0 Å². The molecule has 0 aromatic heterocycles. The van der Waals surface area contributed by atoms with E-state index in [2.05, 4.69) is 15.9 Å². The number of halogens is 2. The zero-order valence-corrected chi connectivity index (χ0v) is 12.3. The standard InChI is InChI=1S/C14H13BrFNS/c1-9-2-5-13(17)14(6-9)18-8-10-7-11(15)3-4-12(10)16/h2-7H,8,17H2,1H3. The minimum absolute atomic E-state index is 0.183. The summed E-state index contributed by atoms with van der Waals surface area (Å²) in [6, 6.07) is 10.8. The number of rotatable bonds is 3. The van der Waals surface area contributed by atoms with Crippen molar-refractivity contribution in [2.75, 3.05) is 5.73 Å². The van der Waals surface area contributed by atoms with Crippen molar-refractivity contribution < 1.29 is 4.39 Å². The Kier molecular flexibility index (Phi) is 4.30. The molecule has 0 amide bonds. The van der Waals surface area contributed by atoms with Crippen molar-refractivity contribution in [3.05, 3.63) is 57.8 Å². The normalized spacial score (nSPS) is 10.6. The van der Waals surface area contributed by atoms with E-state index >= 15 is 0 Å². The van der Waals surface area contributed by atoms with Crippen LogP contribution in [0.1, 0.15) is 11.1 Å². The molecule has 0 aliphatic carbocycles. The second-order valence-electron chi connectivity index (χ2n) is 4.07. The molecule has 0 saturated carbocycles. The molecule has 0 aliphatic heterocycles. The Morgan fingerprint density at radius 2 is 2.00 bits per heavy atom. The molecule has 18 heavy (non-hydrogen) atoms. The van der Waals surface area contributed by atoms with Crippen molar-refractivity contribution in [2.45, 2.75) is 17.6 Å². The first-order valence-corrected chi connectivity index (χ1v) is 7.27. The van der Waals surface area contributed by atoms with E-state index in [1.54, 1.807) is 23.9 Å². The molecular formula is C14H13BrFNS. The fourth-order valence-electron chi connectivity index (χ4n) is 1.58. The molecule has 0 aliphatic rings. The molecule has 0 spiro atoms. The van der Waals surface area contributed by atoms with Crippen LogP contribution in [0.3, 0.4) is 0 Å². The molecular weight excluding hydrogens is 313 g/mol. The number of nitrogens with two attached hydrogens (primary N) is 1. The molecule has 0 bridgehead atoms. The van der Waals surface area contributed by atoms with E-state index < -0.39 is 0 Å². The summed E-state index contributed by atoms with van der Waals surface area (Å²) in [6.07, 6.45) is 0. The van der Waals surface area contributed by atoms with Crippen molar-refractivity contribution in [1.29, 1.82) is 0 Å². The van der Waals surface area contributed by atoms with Crippen LogP contribution in [0.15, 0.2) is 45.8 Å². The molecule has 0 radical (unpaired) electrons. The van der Waals surface area contributed by atoms with Gasteiger partial charge in [0.15, 0.2) is 0 Å². The average molecular weight is 326 g/mol. The minimum atomic E-state index is -0.183. The molecule has 0 fully saturated rings. The third-order valence-corrected chi connectivity index (χ3v) is 4.17. The van der Waals surface area contributed by atoms with Crippen molar-refractivity contribution in [3.63, 3.8) is 0 Å².